The fourth-order valence-electron chi connectivity index (χ4n) is 3.05. The van der Waals surface area contributed by atoms with Crippen molar-refractivity contribution < 1.29 is 0 Å². The standard InChI is InChI=1S/C15H21N3/c16-13-8-3-1-2-4-10-15(13)18-14-9-6-5-7-12(14)11-17-18/h5-7,9,11,13,15H,1-4,8,10,16H2. The molecule has 0 spiro atoms. The minimum atomic E-state index is 0.244. The van der Waals surface area contributed by atoms with Gasteiger partial charge in [-0.25, -0.2) is 0 Å². The molecule has 0 saturated heterocycles. The van der Waals surface area contributed by atoms with Crippen molar-refractivity contribution in [3.63, 3.8) is 0 Å². The molecule has 2 N–H and O–H groups in total. The second kappa shape index (κ2) is 5.11. The molecule has 3 rings (SSSR count). The Bertz CT molecular complexity index is 517. The van der Waals surface area contributed by atoms with E-state index in [4.69, 9.17) is 5.73 Å². The lowest BCUT2D eigenvalue weighted by molar-refractivity contribution is 0.313. The van der Waals surface area contributed by atoms with E-state index in [0.717, 1.165) is 12.8 Å². The Kier molecular flexibility index (Phi) is 3.33. The van der Waals surface area contributed by atoms with E-state index in [-0.39, 0.29) is 6.04 Å². The van der Waals surface area contributed by atoms with Crippen LogP contribution in [0.25, 0.3) is 10.9 Å². The molecule has 2 atom stereocenters. The first-order chi connectivity index (χ1) is 8.86. The molecule has 1 aliphatic carbocycles. The topological polar surface area (TPSA) is 43.8 Å². The van der Waals surface area contributed by atoms with E-state index in [1.54, 1.807) is 0 Å². The van der Waals surface area contributed by atoms with Gasteiger partial charge in [-0.05, 0) is 18.9 Å². The molecule has 96 valence electrons. The van der Waals surface area contributed by atoms with Gasteiger partial charge in [-0.1, -0.05) is 43.9 Å². The molecular weight excluding hydrogens is 222 g/mol. The van der Waals surface area contributed by atoms with Gasteiger partial charge in [0.25, 0.3) is 0 Å². The van der Waals surface area contributed by atoms with Gasteiger partial charge >= 0.3 is 0 Å². The Morgan fingerprint density at radius 2 is 1.83 bits per heavy atom. The molecule has 1 saturated carbocycles. The Morgan fingerprint density at radius 3 is 2.72 bits per heavy atom. The summed E-state index contributed by atoms with van der Waals surface area (Å²) in [6.45, 7) is 0. The Labute approximate surface area is 108 Å². The lowest BCUT2D eigenvalue weighted by atomic mass is 9.93. The summed E-state index contributed by atoms with van der Waals surface area (Å²) >= 11 is 0. The van der Waals surface area contributed by atoms with Crippen LogP contribution in [0, 0.1) is 0 Å². The fourth-order valence-corrected chi connectivity index (χ4v) is 3.05. The van der Waals surface area contributed by atoms with Crippen molar-refractivity contribution in [1.29, 1.82) is 0 Å². The van der Waals surface area contributed by atoms with Crippen LogP contribution in [-0.4, -0.2) is 15.8 Å². The molecule has 3 nitrogen and oxygen atoms in total. The summed E-state index contributed by atoms with van der Waals surface area (Å²) in [6, 6.07) is 9.02. The largest absolute Gasteiger partial charge is 0.326 e. The first kappa shape index (κ1) is 11.7. The lowest BCUT2D eigenvalue weighted by Crippen LogP contribution is -2.33. The smallest absolute Gasteiger partial charge is 0.0686 e. The second-order valence-electron chi connectivity index (χ2n) is 5.37. The molecule has 1 aromatic heterocycles. The summed E-state index contributed by atoms with van der Waals surface area (Å²) in [5.74, 6) is 0. The average Bonchev–Trinajstić information content (AvgIpc) is 2.78. The van der Waals surface area contributed by atoms with Crippen LogP contribution < -0.4 is 5.73 Å². The number of fused-ring (bicyclic) bond motifs is 1. The van der Waals surface area contributed by atoms with E-state index in [9.17, 15) is 0 Å². The molecule has 2 aromatic rings. The molecule has 0 aliphatic heterocycles. The zero-order valence-electron chi connectivity index (χ0n) is 10.8. The predicted molar refractivity (Wildman–Crippen MR) is 74.4 cm³/mol. The molecule has 2 unspecified atom stereocenters. The first-order valence-corrected chi connectivity index (χ1v) is 7.04. The molecule has 1 heterocycles. The SMILES string of the molecule is NC1CCCCCCC1n1ncc2ccccc21. The highest BCUT2D eigenvalue weighted by Crippen LogP contribution is 2.28. The molecule has 3 heteroatoms. The van der Waals surface area contributed by atoms with Gasteiger partial charge in [0, 0.05) is 11.4 Å². The van der Waals surface area contributed by atoms with Crippen LogP contribution in [0.5, 0.6) is 0 Å². The maximum Gasteiger partial charge on any atom is 0.0686 e. The third-order valence-electron chi connectivity index (χ3n) is 4.10. The highest BCUT2D eigenvalue weighted by Gasteiger charge is 2.22. The first-order valence-electron chi connectivity index (χ1n) is 7.04. The second-order valence-corrected chi connectivity index (χ2v) is 5.37. The lowest BCUT2D eigenvalue weighted by Gasteiger charge is -2.27. The van der Waals surface area contributed by atoms with Gasteiger partial charge in [0.2, 0.25) is 0 Å². The average molecular weight is 243 g/mol. The maximum atomic E-state index is 6.37. The van der Waals surface area contributed by atoms with Crippen LogP contribution in [0.1, 0.15) is 44.6 Å². The molecule has 0 bridgehead atoms. The van der Waals surface area contributed by atoms with Crippen LogP contribution in [0.15, 0.2) is 30.5 Å². The van der Waals surface area contributed by atoms with E-state index in [2.05, 4.69) is 34.0 Å². The van der Waals surface area contributed by atoms with E-state index in [1.807, 2.05) is 6.20 Å². The molecular formula is C15H21N3. The van der Waals surface area contributed by atoms with Gasteiger partial charge in [-0.2, -0.15) is 5.10 Å². The van der Waals surface area contributed by atoms with Crippen molar-refractivity contribution in [1.82, 2.24) is 9.78 Å². The van der Waals surface area contributed by atoms with Gasteiger partial charge in [-0.15, -0.1) is 0 Å². The van der Waals surface area contributed by atoms with Crippen molar-refractivity contribution in [3.8, 4) is 0 Å². The van der Waals surface area contributed by atoms with Crippen molar-refractivity contribution in [2.45, 2.75) is 50.6 Å². The van der Waals surface area contributed by atoms with Gasteiger partial charge < -0.3 is 5.73 Å². The number of rotatable bonds is 1. The zero-order chi connectivity index (χ0) is 12.4. The summed E-state index contributed by atoms with van der Waals surface area (Å²) in [4.78, 5) is 0. The molecule has 0 radical (unpaired) electrons. The summed E-state index contributed by atoms with van der Waals surface area (Å²) in [7, 11) is 0. The molecule has 18 heavy (non-hydrogen) atoms. The van der Waals surface area contributed by atoms with Gasteiger partial charge in [-0.3, -0.25) is 4.68 Å². The summed E-state index contributed by atoms with van der Waals surface area (Å²) in [5.41, 5.74) is 7.59. The minimum absolute atomic E-state index is 0.244. The van der Waals surface area contributed by atoms with Crippen molar-refractivity contribution in [2.24, 2.45) is 5.73 Å². The quantitative estimate of drug-likeness (QED) is 0.835. The zero-order valence-corrected chi connectivity index (χ0v) is 10.8. The van der Waals surface area contributed by atoms with Crippen LogP contribution in [0.2, 0.25) is 0 Å². The Morgan fingerprint density at radius 1 is 1.06 bits per heavy atom. The minimum Gasteiger partial charge on any atom is -0.326 e. The number of hydrogen-bond acceptors (Lipinski definition) is 2. The molecule has 1 aliphatic rings. The monoisotopic (exact) mass is 243 g/mol. The van der Waals surface area contributed by atoms with Crippen LogP contribution >= 0.6 is 0 Å². The number of nitrogens with zero attached hydrogens (tertiary/aromatic N) is 2. The fraction of sp³-hybridized carbons (Fsp3) is 0.533. The third-order valence-corrected chi connectivity index (χ3v) is 4.10. The summed E-state index contributed by atoms with van der Waals surface area (Å²) in [6.07, 6.45) is 9.44. The molecule has 1 fully saturated rings. The van der Waals surface area contributed by atoms with Crippen molar-refractivity contribution in [2.75, 3.05) is 0 Å². The van der Waals surface area contributed by atoms with Crippen molar-refractivity contribution >= 4 is 10.9 Å². The van der Waals surface area contributed by atoms with E-state index in [0.29, 0.717) is 6.04 Å². The van der Waals surface area contributed by atoms with Crippen LogP contribution in [0.3, 0.4) is 0 Å². The van der Waals surface area contributed by atoms with Gasteiger partial charge in [0.15, 0.2) is 0 Å². The maximum absolute atomic E-state index is 6.37. The number of hydrogen-bond donors (Lipinski definition) is 1. The third kappa shape index (κ3) is 2.15. The van der Waals surface area contributed by atoms with E-state index >= 15 is 0 Å². The number of aromatic nitrogens is 2. The molecule has 1 aromatic carbocycles. The van der Waals surface area contributed by atoms with E-state index in [1.165, 1.54) is 36.6 Å². The van der Waals surface area contributed by atoms with E-state index < -0.39 is 0 Å². The van der Waals surface area contributed by atoms with Gasteiger partial charge in [0.1, 0.15) is 0 Å². The summed E-state index contributed by atoms with van der Waals surface area (Å²) in [5, 5.41) is 5.79. The highest BCUT2D eigenvalue weighted by molar-refractivity contribution is 5.78. The Hall–Kier alpha value is -1.35. The summed E-state index contributed by atoms with van der Waals surface area (Å²) < 4.78 is 2.16. The number of nitrogens with two attached hydrogens (primary N) is 1. The van der Waals surface area contributed by atoms with Crippen LogP contribution in [0.4, 0.5) is 0 Å². The normalized spacial score (nSPS) is 25.8. The number of benzene rings is 1. The van der Waals surface area contributed by atoms with Crippen molar-refractivity contribution in [3.05, 3.63) is 30.5 Å². The Balaban J connectivity index is 1.95. The number of para-hydroxylation sites is 1. The predicted octanol–water partition coefficient (Wildman–Crippen LogP) is 3.26. The highest BCUT2D eigenvalue weighted by atomic mass is 15.3. The van der Waals surface area contributed by atoms with Crippen LogP contribution in [-0.2, 0) is 0 Å². The molecule has 0 amide bonds. The van der Waals surface area contributed by atoms with Gasteiger partial charge in [0.05, 0.1) is 17.8 Å².